The molecule has 7 nitrogen and oxygen atoms in total. The van der Waals surface area contributed by atoms with Gasteiger partial charge < -0.3 is 9.40 Å². The highest BCUT2D eigenvalue weighted by Crippen LogP contribution is 2.39. The third kappa shape index (κ3) is 3.19. The van der Waals surface area contributed by atoms with E-state index in [-0.39, 0.29) is 22.4 Å². The van der Waals surface area contributed by atoms with Crippen molar-refractivity contribution < 1.29 is 17.2 Å². The molecular weight excluding hydrogens is 383 g/mol. The maximum Gasteiger partial charge on any atom is 0.264 e. The predicted octanol–water partition coefficient (Wildman–Crippen LogP) is 4.20. The molecular formula is C19H21FN4O3S. The Kier molecular flexibility index (Phi) is 4.49. The first-order valence-corrected chi connectivity index (χ1v) is 10.6. The number of halogens is 1. The summed E-state index contributed by atoms with van der Waals surface area (Å²) < 4.78 is 48.5. The summed E-state index contributed by atoms with van der Waals surface area (Å²) in [5, 5.41) is 8.17. The zero-order valence-electron chi connectivity index (χ0n) is 15.8. The zero-order chi connectivity index (χ0) is 20.1. The van der Waals surface area contributed by atoms with Crippen molar-refractivity contribution in [2.75, 3.05) is 4.72 Å². The van der Waals surface area contributed by atoms with Gasteiger partial charge in [-0.15, -0.1) is 10.2 Å². The highest BCUT2D eigenvalue weighted by Gasteiger charge is 2.31. The summed E-state index contributed by atoms with van der Waals surface area (Å²) in [6.07, 6.45) is 3.11. The van der Waals surface area contributed by atoms with Crippen LogP contribution in [-0.4, -0.2) is 23.6 Å². The molecule has 0 unspecified atom stereocenters. The topological polar surface area (TPSA) is 101 Å². The monoisotopic (exact) mass is 404 g/mol. The Labute approximate surface area is 162 Å². The molecule has 2 aromatic heterocycles. The van der Waals surface area contributed by atoms with Crippen LogP contribution in [0.1, 0.15) is 48.0 Å². The molecule has 1 aliphatic rings. The number of aryl methyl sites for hydroxylation is 3. The second-order valence-electron chi connectivity index (χ2n) is 7.24. The third-order valence-corrected chi connectivity index (χ3v) is 6.60. The molecule has 0 amide bonds. The molecule has 0 atom stereocenters. The number of sulfonamides is 1. The van der Waals surface area contributed by atoms with E-state index < -0.39 is 15.8 Å². The second-order valence-corrected chi connectivity index (χ2v) is 8.86. The predicted molar refractivity (Wildman–Crippen MR) is 102 cm³/mol. The van der Waals surface area contributed by atoms with Gasteiger partial charge in [-0.3, -0.25) is 4.72 Å². The molecule has 2 heterocycles. The van der Waals surface area contributed by atoms with E-state index in [9.17, 15) is 12.8 Å². The van der Waals surface area contributed by atoms with E-state index in [1.165, 1.54) is 12.1 Å². The van der Waals surface area contributed by atoms with E-state index in [1.807, 2.05) is 0 Å². The van der Waals surface area contributed by atoms with Crippen LogP contribution in [0.2, 0.25) is 0 Å². The number of H-pyrrole nitrogens is 1. The fourth-order valence-corrected chi connectivity index (χ4v) is 4.93. The first kappa shape index (κ1) is 18.7. The molecule has 0 radical (unpaired) electrons. The molecule has 1 fully saturated rings. The van der Waals surface area contributed by atoms with Crippen LogP contribution in [0.5, 0.6) is 0 Å². The van der Waals surface area contributed by atoms with Crippen LogP contribution >= 0.6 is 0 Å². The number of benzene rings is 1. The van der Waals surface area contributed by atoms with Crippen molar-refractivity contribution in [3.63, 3.8) is 0 Å². The Morgan fingerprint density at radius 3 is 2.61 bits per heavy atom. The van der Waals surface area contributed by atoms with E-state index in [4.69, 9.17) is 4.42 Å². The SMILES string of the molecule is Cc1ccc(F)c(NS(=O)(=O)c2c(C)[nH]c(C)c2-c2nnc(C3CCC3)o2)c1. The largest absolute Gasteiger partial charge is 0.420 e. The Morgan fingerprint density at radius 1 is 1.18 bits per heavy atom. The van der Waals surface area contributed by atoms with Gasteiger partial charge in [0.1, 0.15) is 10.7 Å². The Bertz CT molecular complexity index is 1150. The van der Waals surface area contributed by atoms with Crippen molar-refractivity contribution in [1.82, 2.24) is 15.2 Å². The third-order valence-electron chi connectivity index (χ3n) is 5.06. The maximum absolute atomic E-state index is 14.1. The molecule has 0 bridgehead atoms. The minimum Gasteiger partial charge on any atom is -0.420 e. The van der Waals surface area contributed by atoms with Gasteiger partial charge in [0.15, 0.2) is 0 Å². The fraction of sp³-hybridized carbons (Fsp3) is 0.368. The van der Waals surface area contributed by atoms with Gasteiger partial charge in [-0.1, -0.05) is 12.5 Å². The van der Waals surface area contributed by atoms with E-state index in [2.05, 4.69) is 19.9 Å². The van der Waals surface area contributed by atoms with Gasteiger partial charge in [-0.2, -0.15) is 0 Å². The quantitative estimate of drug-likeness (QED) is 0.664. The summed E-state index contributed by atoms with van der Waals surface area (Å²) in [6.45, 7) is 5.14. The minimum absolute atomic E-state index is 0.0188. The number of nitrogens with one attached hydrogen (secondary N) is 2. The Hall–Kier alpha value is -2.68. The average molecular weight is 404 g/mol. The molecule has 0 aliphatic heterocycles. The number of aromatic amines is 1. The minimum atomic E-state index is -4.09. The van der Waals surface area contributed by atoms with E-state index >= 15 is 0 Å². The number of aromatic nitrogens is 3. The molecule has 1 aromatic carbocycles. The summed E-state index contributed by atoms with van der Waals surface area (Å²) in [5.74, 6) is 0.265. The van der Waals surface area contributed by atoms with Crippen molar-refractivity contribution in [1.29, 1.82) is 0 Å². The number of hydrogen-bond donors (Lipinski definition) is 2. The molecule has 1 saturated carbocycles. The van der Waals surface area contributed by atoms with Crippen molar-refractivity contribution >= 4 is 15.7 Å². The molecule has 2 N–H and O–H groups in total. The average Bonchev–Trinajstić information content (AvgIpc) is 3.13. The number of anilines is 1. The number of rotatable bonds is 5. The summed E-state index contributed by atoms with van der Waals surface area (Å²) in [5.41, 5.74) is 1.95. The molecule has 148 valence electrons. The van der Waals surface area contributed by atoms with Crippen LogP contribution in [0.15, 0.2) is 27.5 Å². The maximum atomic E-state index is 14.1. The molecule has 3 aromatic rings. The first-order chi connectivity index (χ1) is 13.3. The summed E-state index contributed by atoms with van der Waals surface area (Å²) >= 11 is 0. The second kappa shape index (κ2) is 6.73. The zero-order valence-corrected chi connectivity index (χ0v) is 16.7. The lowest BCUT2D eigenvalue weighted by molar-refractivity contribution is 0.338. The van der Waals surface area contributed by atoms with Crippen molar-refractivity contribution in [2.24, 2.45) is 0 Å². The first-order valence-electron chi connectivity index (χ1n) is 9.08. The Balaban J connectivity index is 1.77. The van der Waals surface area contributed by atoms with Gasteiger partial charge in [0.05, 0.1) is 11.3 Å². The van der Waals surface area contributed by atoms with E-state index in [0.29, 0.717) is 22.8 Å². The van der Waals surface area contributed by atoms with Gasteiger partial charge >= 0.3 is 0 Å². The standard InChI is InChI=1S/C19H21FN4O3S/c1-10-7-8-14(20)15(9-10)24-28(25,26)17-12(3)21-11(2)16(17)19-23-22-18(27-19)13-5-4-6-13/h7-9,13,21,24H,4-6H2,1-3H3. The molecule has 0 spiro atoms. The highest BCUT2D eigenvalue weighted by molar-refractivity contribution is 7.93. The van der Waals surface area contributed by atoms with Crippen molar-refractivity contribution in [3.8, 4) is 11.5 Å². The number of hydrogen-bond acceptors (Lipinski definition) is 5. The lowest BCUT2D eigenvalue weighted by Gasteiger charge is -2.20. The van der Waals surface area contributed by atoms with Crippen molar-refractivity contribution in [3.05, 3.63) is 46.9 Å². The van der Waals surface area contributed by atoms with E-state index in [1.54, 1.807) is 26.8 Å². The van der Waals surface area contributed by atoms with Crippen LogP contribution < -0.4 is 4.72 Å². The highest BCUT2D eigenvalue weighted by atomic mass is 32.2. The fourth-order valence-electron chi connectivity index (χ4n) is 3.42. The number of nitrogens with zero attached hydrogens (tertiary/aromatic N) is 2. The van der Waals surface area contributed by atoms with E-state index in [0.717, 1.165) is 24.8 Å². The normalized spacial score (nSPS) is 14.9. The van der Waals surface area contributed by atoms with Gasteiger partial charge in [0, 0.05) is 17.3 Å². The van der Waals surface area contributed by atoms with Gasteiger partial charge in [-0.05, 0) is 51.3 Å². The lowest BCUT2D eigenvalue weighted by atomic mass is 9.85. The van der Waals surface area contributed by atoms with Gasteiger partial charge in [-0.25, -0.2) is 12.8 Å². The van der Waals surface area contributed by atoms with Crippen LogP contribution in [-0.2, 0) is 10.0 Å². The lowest BCUT2D eigenvalue weighted by Crippen LogP contribution is -2.15. The Morgan fingerprint density at radius 2 is 1.93 bits per heavy atom. The van der Waals surface area contributed by atoms with Crippen LogP contribution in [0.4, 0.5) is 10.1 Å². The van der Waals surface area contributed by atoms with Gasteiger partial charge in [0.25, 0.3) is 15.9 Å². The molecule has 1 aliphatic carbocycles. The summed E-state index contributed by atoms with van der Waals surface area (Å²) in [6, 6.07) is 4.25. The smallest absolute Gasteiger partial charge is 0.264 e. The molecule has 0 saturated heterocycles. The summed E-state index contributed by atoms with van der Waals surface area (Å²) in [7, 11) is -4.09. The molecule has 9 heteroatoms. The van der Waals surface area contributed by atoms with Crippen LogP contribution in [0.3, 0.4) is 0 Å². The van der Waals surface area contributed by atoms with Crippen LogP contribution in [0, 0.1) is 26.6 Å². The van der Waals surface area contributed by atoms with Crippen molar-refractivity contribution in [2.45, 2.75) is 50.8 Å². The van der Waals surface area contributed by atoms with Gasteiger partial charge in [0.2, 0.25) is 5.89 Å². The van der Waals surface area contributed by atoms with Crippen LogP contribution in [0.25, 0.3) is 11.5 Å². The molecule has 28 heavy (non-hydrogen) atoms. The molecule has 4 rings (SSSR count). The summed E-state index contributed by atoms with van der Waals surface area (Å²) in [4.78, 5) is 3.00.